The summed E-state index contributed by atoms with van der Waals surface area (Å²) in [6.07, 6.45) is 7.12. The van der Waals surface area contributed by atoms with E-state index in [-0.39, 0.29) is 5.92 Å². The van der Waals surface area contributed by atoms with Crippen molar-refractivity contribution in [3.05, 3.63) is 35.4 Å². The quantitative estimate of drug-likeness (QED) is 0.367. The second kappa shape index (κ2) is 8.24. The lowest BCUT2D eigenvalue weighted by Gasteiger charge is -2.24. The number of hydrogen-bond donors (Lipinski definition) is 0. The summed E-state index contributed by atoms with van der Waals surface area (Å²) in [5, 5.41) is 1.52. The average molecular weight is 296 g/mol. The molecule has 0 aliphatic heterocycles. The molecule has 0 bridgehead atoms. The molecule has 17 heavy (non-hydrogen) atoms. The molecule has 0 aliphatic rings. The molecule has 0 nitrogen and oxygen atoms in total. The van der Waals surface area contributed by atoms with Crippen LogP contribution in [-0.2, 0) is 0 Å². The van der Waals surface area contributed by atoms with Gasteiger partial charge in [-0.05, 0) is 38.5 Å². The van der Waals surface area contributed by atoms with Crippen LogP contribution in [0.4, 0.5) is 0 Å². The Balaban J connectivity index is 4.41. The van der Waals surface area contributed by atoms with Gasteiger partial charge in [-0.15, -0.1) is 18.2 Å². The molecule has 0 fully saturated rings. The molecule has 0 radical (unpaired) electrons. The molecule has 0 aliphatic carbocycles. The number of halogens is 3. The molecule has 2 atom stereocenters. The average Bonchev–Trinajstić information content (AvgIpc) is 2.24. The first kappa shape index (κ1) is 17.1. The van der Waals surface area contributed by atoms with Gasteiger partial charge in [0, 0.05) is 10.1 Å². The van der Waals surface area contributed by atoms with Crippen molar-refractivity contribution in [3.8, 4) is 0 Å². The Kier molecular flexibility index (Phi) is 8.28. The van der Waals surface area contributed by atoms with Crippen LogP contribution in [-0.4, -0.2) is 4.87 Å². The van der Waals surface area contributed by atoms with E-state index in [0.29, 0.717) is 5.03 Å². The van der Waals surface area contributed by atoms with Crippen molar-refractivity contribution >= 4 is 34.8 Å². The predicted octanol–water partition coefficient (Wildman–Crippen LogP) is 6.24. The molecule has 0 N–H and O–H groups in total. The van der Waals surface area contributed by atoms with Gasteiger partial charge in [-0.2, -0.15) is 0 Å². The third-order valence-electron chi connectivity index (χ3n) is 2.67. The topological polar surface area (TPSA) is 0 Å². The zero-order valence-electron chi connectivity index (χ0n) is 10.6. The zero-order chi connectivity index (χ0) is 13.5. The lowest BCUT2D eigenvalue weighted by Crippen LogP contribution is -2.18. The van der Waals surface area contributed by atoms with Gasteiger partial charge in [0.1, 0.15) is 0 Å². The summed E-state index contributed by atoms with van der Waals surface area (Å²) in [5.74, 6) is 0.163. The summed E-state index contributed by atoms with van der Waals surface area (Å²) in [6, 6.07) is 0. The molecular formula is C14H21Cl3. The molecule has 0 amide bonds. The van der Waals surface area contributed by atoms with E-state index in [1.807, 2.05) is 13.0 Å². The summed E-state index contributed by atoms with van der Waals surface area (Å²) in [7, 11) is 0. The van der Waals surface area contributed by atoms with Gasteiger partial charge in [0.25, 0.3) is 0 Å². The number of hydrogen-bond acceptors (Lipinski definition) is 0. The Morgan fingerprint density at radius 1 is 1.41 bits per heavy atom. The van der Waals surface area contributed by atoms with Crippen LogP contribution < -0.4 is 0 Å². The fourth-order valence-corrected chi connectivity index (χ4v) is 2.21. The first-order valence-electron chi connectivity index (χ1n) is 5.83. The minimum atomic E-state index is -0.441. The Labute approximate surface area is 120 Å². The Hall–Kier alpha value is 0.0900. The van der Waals surface area contributed by atoms with Crippen LogP contribution >= 0.6 is 34.8 Å². The smallest absolute Gasteiger partial charge is 0.0601 e. The minimum Gasteiger partial charge on any atom is -0.115 e. The van der Waals surface area contributed by atoms with Crippen molar-refractivity contribution in [2.75, 3.05) is 0 Å². The summed E-state index contributed by atoms with van der Waals surface area (Å²) >= 11 is 18.4. The van der Waals surface area contributed by atoms with Gasteiger partial charge in [0.15, 0.2) is 0 Å². The lowest BCUT2D eigenvalue weighted by atomic mass is 9.91. The monoisotopic (exact) mass is 294 g/mol. The maximum absolute atomic E-state index is 6.27. The van der Waals surface area contributed by atoms with E-state index >= 15 is 0 Å². The van der Waals surface area contributed by atoms with Gasteiger partial charge in [-0.3, -0.25) is 0 Å². The van der Waals surface area contributed by atoms with Crippen molar-refractivity contribution in [2.45, 2.75) is 44.4 Å². The van der Waals surface area contributed by atoms with E-state index in [1.54, 1.807) is 6.08 Å². The minimum absolute atomic E-state index is 0.163. The van der Waals surface area contributed by atoms with E-state index in [0.717, 1.165) is 30.7 Å². The second-order valence-corrected chi connectivity index (χ2v) is 6.26. The maximum atomic E-state index is 6.27. The van der Waals surface area contributed by atoms with E-state index in [1.165, 1.54) is 0 Å². The Morgan fingerprint density at radius 3 is 2.41 bits per heavy atom. The van der Waals surface area contributed by atoms with Gasteiger partial charge in [0.2, 0.25) is 0 Å². The SMILES string of the molecule is C=CC(C)(Cl)CC(CCC(Cl)=CCC)C(=C)Cl. The fraction of sp³-hybridized carbons (Fsp3) is 0.571. The van der Waals surface area contributed by atoms with Crippen molar-refractivity contribution in [2.24, 2.45) is 5.92 Å². The van der Waals surface area contributed by atoms with Gasteiger partial charge in [0.05, 0.1) is 4.87 Å². The van der Waals surface area contributed by atoms with Crippen LogP contribution in [0.15, 0.2) is 35.4 Å². The molecule has 0 heterocycles. The highest BCUT2D eigenvalue weighted by Crippen LogP contribution is 2.34. The van der Waals surface area contributed by atoms with Gasteiger partial charge >= 0.3 is 0 Å². The molecule has 0 saturated carbocycles. The number of alkyl halides is 1. The molecule has 98 valence electrons. The van der Waals surface area contributed by atoms with Crippen LogP contribution in [0.25, 0.3) is 0 Å². The summed E-state index contributed by atoms with van der Waals surface area (Å²) in [6.45, 7) is 11.5. The summed E-state index contributed by atoms with van der Waals surface area (Å²) < 4.78 is 0. The van der Waals surface area contributed by atoms with Crippen molar-refractivity contribution in [1.82, 2.24) is 0 Å². The highest BCUT2D eigenvalue weighted by molar-refractivity contribution is 6.30. The lowest BCUT2D eigenvalue weighted by molar-refractivity contribution is 0.494. The third kappa shape index (κ3) is 7.91. The molecule has 0 aromatic carbocycles. The molecule has 2 unspecified atom stereocenters. The predicted molar refractivity (Wildman–Crippen MR) is 81.0 cm³/mol. The second-order valence-electron chi connectivity index (χ2n) is 4.43. The normalized spacial score (nSPS) is 17.4. The first-order valence-corrected chi connectivity index (χ1v) is 6.97. The van der Waals surface area contributed by atoms with Crippen LogP contribution in [0.3, 0.4) is 0 Å². The van der Waals surface area contributed by atoms with E-state index < -0.39 is 4.87 Å². The van der Waals surface area contributed by atoms with Crippen molar-refractivity contribution in [3.63, 3.8) is 0 Å². The standard InChI is InChI=1S/C14H21Cl3/c1-5-7-13(16)9-8-12(11(3)15)10-14(4,17)6-2/h6-7,12H,2-3,5,8-10H2,1,4H3. The Morgan fingerprint density at radius 2 is 2.00 bits per heavy atom. The molecule has 0 rings (SSSR count). The third-order valence-corrected chi connectivity index (χ3v) is 3.63. The number of rotatable bonds is 8. The largest absolute Gasteiger partial charge is 0.115 e. The molecule has 0 aromatic rings. The van der Waals surface area contributed by atoms with Crippen LogP contribution in [0.5, 0.6) is 0 Å². The fourth-order valence-electron chi connectivity index (χ4n) is 1.57. The van der Waals surface area contributed by atoms with E-state index in [2.05, 4.69) is 20.1 Å². The molecular weight excluding hydrogens is 275 g/mol. The molecule has 0 spiro atoms. The van der Waals surface area contributed by atoms with Gasteiger partial charge < -0.3 is 0 Å². The van der Waals surface area contributed by atoms with Crippen molar-refractivity contribution in [1.29, 1.82) is 0 Å². The van der Waals surface area contributed by atoms with E-state index in [4.69, 9.17) is 34.8 Å². The first-order chi connectivity index (χ1) is 7.82. The highest BCUT2D eigenvalue weighted by Gasteiger charge is 2.23. The molecule has 0 aromatic heterocycles. The van der Waals surface area contributed by atoms with Crippen LogP contribution in [0, 0.1) is 5.92 Å². The van der Waals surface area contributed by atoms with E-state index in [9.17, 15) is 0 Å². The highest BCUT2D eigenvalue weighted by atomic mass is 35.5. The summed E-state index contributed by atoms with van der Waals surface area (Å²) in [5.41, 5.74) is 0. The molecule has 0 saturated heterocycles. The zero-order valence-corrected chi connectivity index (χ0v) is 12.9. The van der Waals surface area contributed by atoms with Crippen LogP contribution in [0.2, 0.25) is 0 Å². The number of allylic oxidation sites excluding steroid dienone is 4. The Bertz CT molecular complexity index is 290. The summed E-state index contributed by atoms with van der Waals surface area (Å²) in [4.78, 5) is -0.441. The maximum Gasteiger partial charge on any atom is 0.0601 e. The van der Waals surface area contributed by atoms with Gasteiger partial charge in [-0.1, -0.05) is 48.9 Å². The van der Waals surface area contributed by atoms with Crippen LogP contribution in [0.1, 0.15) is 39.5 Å². The molecule has 3 heteroatoms. The van der Waals surface area contributed by atoms with Crippen molar-refractivity contribution < 1.29 is 0 Å². The van der Waals surface area contributed by atoms with Gasteiger partial charge in [-0.25, -0.2) is 0 Å².